The van der Waals surface area contributed by atoms with Crippen LogP contribution < -0.4 is 4.57 Å². The lowest BCUT2D eigenvalue weighted by molar-refractivity contribution is -0.686. The van der Waals surface area contributed by atoms with Crippen molar-refractivity contribution in [3.8, 4) is 11.4 Å². The monoisotopic (exact) mass is 509 g/mol. The molecule has 0 aliphatic carbocycles. The van der Waals surface area contributed by atoms with Crippen LogP contribution in [0.15, 0.2) is 42.7 Å². The molecule has 2 heteroatoms. The molecule has 0 radical (unpaired) electrons. The first kappa shape index (κ1) is 31.6. The minimum atomic E-state index is 1.14. The Morgan fingerprint density at radius 1 is 0.514 bits per heavy atom. The number of aromatic nitrogens is 2. The fraction of sp³-hybridized carbons (Fsp3) is 0.743. The zero-order valence-electron chi connectivity index (χ0n) is 24.9. The van der Waals surface area contributed by atoms with Crippen molar-refractivity contribution in [2.24, 2.45) is 0 Å². The Hall–Kier alpha value is -1.57. The molecule has 1 aromatic heterocycles. The van der Waals surface area contributed by atoms with Gasteiger partial charge in [0, 0.05) is 0 Å². The van der Waals surface area contributed by atoms with Crippen LogP contribution in [-0.2, 0) is 13.1 Å². The van der Waals surface area contributed by atoms with E-state index in [4.69, 9.17) is 0 Å². The molecule has 0 atom stereocenters. The van der Waals surface area contributed by atoms with Gasteiger partial charge < -0.3 is 0 Å². The predicted molar refractivity (Wildman–Crippen MR) is 163 cm³/mol. The van der Waals surface area contributed by atoms with Crippen molar-refractivity contribution in [3.05, 3.63) is 42.7 Å². The zero-order chi connectivity index (χ0) is 26.2. The average molecular weight is 510 g/mol. The molecule has 0 bridgehead atoms. The molecular formula is C35H61N2+. The molecule has 0 aliphatic rings. The van der Waals surface area contributed by atoms with Crippen molar-refractivity contribution in [2.45, 2.75) is 168 Å². The molecule has 0 saturated carbocycles. The summed E-state index contributed by atoms with van der Waals surface area (Å²) in [6.07, 6.45) is 35.6. The molecule has 1 aromatic carbocycles. The van der Waals surface area contributed by atoms with Gasteiger partial charge in [-0.2, -0.15) is 0 Å². The summed E-state index contributed by atoms with van der Waals surface area (Å²) in [5.41, 5.74) is 1.36. The van der Waals surface area contributed by atoms with Gasteiger partial charge in [-0.05, 0) is 37.8 Å². The second-order valence-electron chi connectivity index (χ2n) is 11.4. The second-order valence-corrected chi connectivity index (χ2v) is 11.4. The molecule has 0 fully saturated rings. The average Bonchev–Trinajstić information content (AvgIpc) is 3.33. The Kier molecular flexibility index (Phi) is 19.2. The Balaban J connectivity index is 1.60. The highest BCUT2D eigenvalue weighted by Gasteiger charge is 2.18. The summed E-state index contributed by atoms with van der Waals surface area (Å²) in [6, 6.07) is 11.0. The van der Waals surface area contributed by atoms with Crippen LogP contribution in [0.2, 0.25) is 0 Å². The number of hydrogen-bond donors (Lipinski definition) is 0. The van der Waals surface area contributed by atoms with E-state index in [1.54, 1.807) is 0 Å². The predicted octanol–water partition coefficient (Wildman–Crippen LogP) is 11.1. The summed E-state index contributed by atoms with van der Waals surface area (Å²) in [5, 5.41) is 0. The van der Waals surface area contributed by atoms with Crippen molar-refractivity contribution in [2.75, 3.05) is 0 Å². The largest absolute Gasteiger partial charge is 0.288 e. The third-order valence-electron chi connectivity index (χ3n) is 8.01. The van der Waals surface area contributed by atoms with E-state index in [1.807, 2.05) is 0 Å². The summed E-state index contributed by atoms with van der Waals surface area (Å²) in [5.74, 6) is 1.40. The fourth-order valence-corrected chi connectivity index (χ4v) is 5.64. The molecule has 37 heavy (non-hydrogen) atoms. The van der Waals surface area contributed by atoms with Gasteiger partial charge in [0.15, 0.2) is 0 Å². The second kappa shape index (κ2) is 22.4. The van der Waals surface area contributed by atoms with E-state index < -0.39 is 0 Å². The van der Waals surface area contributed by atoms with Crippen LogP contribution in [0.3, 0.4) is 0 Å². The maximum absolute atomic E-state index is 2.51. The first-order valence-corrected chi connectivity index (χ1v) is 16.5. The first-order valence-electron chi connectivity index (χ1n) is 16.5. The zero-order valence-corrected chi connectivity index (χ0v) is 24.9. The van der Waals surface area contributed by atoms with Crippen LogP contribution in [0.25, 0.3) is 11.4 Å². The maximum atomic E-state index is 2.51. The summed E-state index contributed by atoms with van der Waals surface area (Å²) in [4.78, 5) is 0. The number of imidazole rings is 1. The molecule has 1 heterocycles. The third-order valence-corrected chi connectivity index (χ3v) is 8.01. The van der Waals surface area contributed by atoms with Crippen molar-refractivity contribution in [1.82, 2.24) is 4.57 Å². The quantitative estimate of drug-likeness (QED) is 0.0929. The maximum Gasteiger partial charge on any atom is 0.288 e. The van der Waals surface area contributed by atoms with Crippen molar-refractivity contribution < 1.29 is 4.57 Å². The molecule has 0 aliphatic heterocycles. The van der Waals surface area contributed by atoms with Gasteiger partial charge in [0.25, 0.3) is 5.82 Å². The molecule has 2 rings (SSSR count). The molecule has 2 aromatic rings. The van der Waals surface area contributed by atoms with Gasteiger partial charge in [-0.3, -0.25) is 0 Å². The number of rotatable bonds is 25. The highest BCUT2D eigenvalue weighted by molar-refractivity contribution is 5.52. The Labute approximate surface area is 231 Å². The molecule has 0 spiro atoms. The van der Waals surface area contributed by atoms with E-state index in [-0.39, 0.29) is 0 Å². The van der Waals surface area contributed by atoms with Crippen molar-refractivity contribution in [3.63, 3.8) is 0 Å². The molecule has 0 saturated heterocycles. The number of aryl methyl sites for hydroxylation is 2. The van der Waals surface area contributed by atoms with Gasteiger partial charge in [0.1, 0.15) is 12.4 Å². The third kappa shape index (κ3) is 14.8. The fourth-order valence-electron chi connectivity index (χ4n) is 5.64. The Bertz CT molecular complexity index is 748. The van der Waals surface area contributed by atoms with Gasteiger partial charge in [-0.25, -0.2) is 9.13 Å². The molecule has 2 nitrogen and oxygen atoms in total. The van der Waals surface area contributed by atoms with Gasteiger partial charge in [-0.1, -0.05) is 148 Å². The van der Waals surface area contributed by atoms with E-state index in [2.05, 4.69) is 65.7 Å². The molecule has 210 valence electrons. The number of unbranched alkanes of at least 4 members (excludes halogenated alkanes) is 20. The minimum Gasteiger partial charge on any atom is -0.230 e. The SMILES string of the molecule is CCCCCCCCCCCCCCCCCn1cc[n+](CCCCCCCCC)c1-c1ccccc1. The molecule has 0 N–H and O–H groups in total. The summed E-state index contributed by atoms with van der Waals surface area (Å²) in [6.45, 7) is 6.89. The molecular weight excluding hydrogens is 448 g/mol. The van der Waals surface area contributed by atoms with Gasteiger partial charge >= 0.3 is 0 Å². The number of benzene rings is 1. The highest BCUT2D eigenvalue weighted by Crippen LogP contribution is 2.18. The number of hydrogen-bond acceptors (Lipinski definition) is 0. The van der Waals surface area contributed by atoms with E-state index >= 15 is 0 Å². The van der Waals surface area contributed by atoms with Crippen LogP contribution in [0.5, 0.6) is 0 Å². The van der Waals surface area contributed by atoms with E-state index in [9.17, 15) is 0 Å². The normalized spacial score (nSPS) is 11.4. The number of nitrogens with zero attached hydrogens (tertiary/aromatic N) is 2. The van der Waals surface area contributed by atoms with Crippen LogP contribution in [0.1, 0.15) is 155 Å². The Morgan fingerprint density at radius 2 is 0.946 bits per heavy atom. The molecule has 0 unspecified atom stereocenters. The van der Waals surface area contributed by atoms with Crippen LogP contribution >= 0.6 is 0 Å². The van der Waals surface area contributed by atoms with Gasteiger partial charge in [-0.15, -0.1) is 0 Å². The molecule has 0 amide bonds. The van der Waals surface area contributed by atoms with Gasteiger partial charge in [0.05, 0.1) is 18.7 Å². The van der Waals surface area contributed by atoms with E-state index in [1.165, 1.54) is 153 Å². The topological polar surface area (TPSA) is 8.81 Å². The first-order chi connectivity index (χ1) is 18.4. The highest BCUT2D eigenvalue weighted by atomic mass is 15.1. The minimum absolute atomic E-state index is 1.14. The van der Waals surface area contributed by atoms with Crippen LogP contribution in [0, 0.1) is 0 Å². The van der Waals surface area contributed by atoms with E-state index in [0.717, 1.165) is 13.1 Å². The Morgan fingerprint density at radius 3 is 1.43 bits per heavy atom. The van der Waals surface area contributed by atoms with Crippen molar-refractivity contribution in [1.29, 1.82) is 0 Å². The smallest absolute Gasteiger partial charge is 0.230 e. The van der Waals surface area contributed by atoms with Crippen molar-refractivity contribution >= 4 is 0 Å². The van der Waals surface area contributed by atoms with E-state index in [0.29, 0.717) is 0 Å². The summed E-state index contributed by atoms with van der Waals surface area (Å²) < 4.78 is 5.02. The standard InChI is InChI=1S/C35H61N2/c1-3-5-7-9-11-12-13-14-15-16-17-18-20-22-27-31-37-33-32-36(30-26-21-19-10-8-6-4-2)35(37)34-28-24-23-25-29-34/h23-25,28-29,32-33H,3-22,26-27,30-31H2,1-2H3/q+1. The summed E-state index contributed by atoms with van der Waals surface area (Å²) >= 11 is 0. The van der Waals surface area contributed by atoms with Crippen LogP contribution in [0.4, 0.5) is 0 Å². The lowest BCUT2D eigenvalue weighted by Crippen LogP contribution is -2.34. The lowest BCUT2D eigenvalue weighted by atomic mass is 10.0. The summed E-state index contributed by atoms with van der Waals surface area (Å²) in [7, 11) is 0. The lowest BCUT2D eigenvalue weighted by Gasteiger charge is -2.07. The van der Waals surface area contributed by atoms with Crippen LogP contribution in [-0.4, -0.2) is 4.57 Å². The van der Waals surface area contributed by atoms with Gasteiger partial charge in [0.2, 0.25) is 0 Å².